The molecule has 3 rings (SSSR count). The van der Waals surface area contributed by atoms with Gasteiger partial charge in [-0.05, 0) is 42.4 Å². The van der Waals surface area contributed by atoms with Crippen LogP contribution in [0.5, 0.6) is 0 Å². The Bertz CT molecular complexity index is 204. The summed E-state index contributed by atoms with van der Waals surface area (Å²) in [4.78, 5) is 0. The van der Waals surface area contributed by atoms with E-state index >= 15 is 0 Å². The van der Waals surface area contributed by atoms with E-state index in [2.05, 4.69) is 19.1 Å². The van der Waals surface area contributed by atoms with E-state index in [1.807, 2.05) is 0 Å². The number of allylic oxidation sites excluding steroid dienone is 2. The Balaban J connectivity index is 2.06. The second-order valence-electron chi connectivity index (χ2n) is 4.46. The van der Waals surface area contributed by atoms with E-state index in [1.165, 1.54) is 19.3 Å². The van der Waals surface area contributed by atoms with E-state index in [0.717, 1.165) is 23.2 Å². The molecular formula is C10H14. The standard InChI is InChI=1S/C10H14/c1-7-2-4-10-5-3-8(7)9(10)6-10/h2,4,7-9H,3,5-6H2,1H3. The van der Waals surface area contributed by atoms with Gasteiger partial charge in [-0.2, -0.15) is 0 Å². The molecule has 0 aromatic heterocycles. The van der Waals surface area contributed by atoms with Crippen LogP contribution in [0.25, 0.3) is 0 Å². The van der Waals surface area contributed by atoms with E-state index in [0.29, 0.717) is 0 Å². The van der Waals surface area contributed by atoms with Crippen LogP contribution < -0.4 is 0 Å². The molecule has 0 nitrogen and oxygen atoms in total. The first-order valence-electron chi connectivity index (χ1n) is 4.51. The van der Waals surface area contributed by atoms with Gasteiger partial charge in [-0.25, -0.2) is 0 Å². The summed E-state index contributed by atoms with van der Waals surface area (Å²) in [5, 5.41) is 0. The van der Waals surface area contributed by atoms with Gasteiger partial charge in [-0.1, -0.05) is 19.1 Å². The van der Waals surface area contributed by atoms with Gasteiger partial charge in [0.15, 0.2) is 0 Å². The lowest BCUT2D eigenvalue weighted by atomic mass is 9.86. The molecular weight excluding hydrogens is 120 g/mol. The quantitative estimate of drug-likeness (QED) is 0.447. The summed E-state index contributed by atoms with van der Waals surface area (Å²) in [5.74, 6) is 3.08. The first kappa shape index (κ1) is 5.40. The molecule has 0 aliphatic heterocycles. The Morgan fingerprint density at radius 3 is 3.10 bits per heavy atom. The van der Waals surface area contributed by atoms with Crippen LogP contribution in [0.15, 0.2) is 12.2 Å². The van der Waals surface area contributed by atoms with Crippen molar-refractivity contribution in [3.05, 3.63) is 12.2 Å². The minimum absolute atomic E-state index is 0.761. The Morgan fingerprint density at radius 2 is 2.40 bits per heavy atom. The second kappa shape index (κ2) is 1.34. The summed E-state index contributed by atoms with van der Waals surface area (Å²) in [6, 6.07) is 0. The van der Waals surface area contributed by atoms with Gasteiger partial charge in [0.05, 0.1) is 0 Å². The molecule has 3 aliphatic rings. The summed E-state index contributed by atoms with van der Waals surface area (Å²) in [7, 11) is 0. The fraction of sp³-hybridized carbons (Fsp3) is 0.800. The van der Waals surface area contributed by atoms with Crippen molar-refractivity contribution in [2.75, 3.05) is 0 Å². The molecule has 4 atom stereocenters. The van der Waals surface area contributed by atoms with E-state index in [4.69, 9.17) is 0 Å². The summed E-state index contributed by atoms with van der Waals surface area (Å²) in [5.41, 5.74) is 0.761. The average molecular weight is 134 g/mol. The highest BCUT2D eigenvalue weighted by Crippen LogP contribution is 2.70. The molecule has 0 N–H and O–H groups in total. The van der Waals surface area contributed by atoms with Crippen molar-refractivity contribution >= 4 is 0 Å². The first-order valence-corrected chi connectivity index (χ1v) is 4.51. The van der Waals surface area contributed by atoms with Crippen molar-refractivity contribution in [2.24, 2.45) is 23.2 Å². The molecule has 0 spiro atoms. The van der Waals surface area contributed by atoms with Crippen molar-refractivity contribution in [1.82, 2.24) is 0 Å². The van der Waals surface area contributed by atoms with Gasteiger partial charge in [0.2, 0.25) is 0 Å². The molecule has 2 fully saturated rings. The first-order chi connectivity index (χ1) is 4.82. The van der Waals surface area contributed by atoms with Gasteiger partial charge < -0.3 is 0 Å². The van der Waals surface area contributed by atoms with Crippen molar-refractivity contribution in [3.8, 4) is 0 Å². The van der Waals surface area contributed by atoms with Crippen molar-refractivity contribution in [2.45, 2.75) is 26.2 Å². The molecule has 54 valence electrons. The van der Waals surface area contributed by atoms with Gasteiger partial charge >= 0.3 is 0 Å². The van der Waals surface area contributed by atoms with Crippen LogP contribution >= 0.6 is 0 Å². The van der Waals surface area contributed by atoms with Gasteiger partial charge in [-0.15, -0.1) is 0 Å². The maximum atomic E-state index is 2.52. The molecule has 2 saturated carbocycles. The third-order valence-electron chi connectivity index (χ3n) is 4.05. The van der Waals surface area contributed by atoms with E-state index in [9.17, 15) is 0 Å². The molecule has 3 aliphatic carbocycles. The molecule has 10 heavy (non-hydrogen) atoms. The molecule has 0 aromatic rings. The molecule has 0 heterocycles. The van der Waals surface area contributed by atoms with Gasteiger partial charge in [0, 0.05) is 0 Å². The Hall–Kier alpha value is -0.260. The highest BCUT2D eigenvalue weighted by molar-refractivity contribution is 5.25. The molecule has 2 bridgehead atoms. The van der Waals surface area contributed by atoms with Gasteiger partial charge in [0.25, 0.3) is 0 Å². The van der Waals surface area contributed by atoms with Gasteiger partial charge in [0.1, 0.15) is 0 Å². The summed E-state index contributed by atoms with van der Waals surface area (Å²) < 4.78 is 0. The van der Waals surface area contributed by atoms with Crippen LogP contribution in [0.4, 0.5) is 0 Å². The zero-order chi connectivity index (χ0) is 6.77. The highest BCUT2D eigenvalue weighted by Gasteiger charge is 2.62. The van der Waals surface area contributed by atoms with Crippen LogP contribution in [0.2, 0.25) is 0 Å². The zero-order valence-corrected chi connectivity index (χ0v) is 6.51. The number of rotatable bonds is 0. The predicted molar refractivity (Wildman–Crippen MR) is 41.6 cm³/mol. The lowest BCUT2D eigenvalue weighted by molar-refractivity contribution is 0.376. The maximum Gasteiger partial charge on any atom is -0.00836 e. The largest absolute Gasteiger partial charge is 0.0848 e. The normalized spacial score (nSPS) is 62.3. The average Bonchev–Trinajstić information content (AvgIpc) is 2.60. The van der Waals surface area contributed by atoms with E-state index in [-0.39, 0.29) is 0 Å². The molecule has 0 amide bonds. The summed E-state index contributed by atoms with van der Waals surface area (Å²) >= 11 is 0. The lowest BCUT2D eigenvalue weighted by Crippen LogP contribution is -2.11. The number of hydrogen-bond donors (Lipinski definition) is 0. The van der Waals surface area contributed by atoms with Gasteiger partial charge in [-0.3, -0.25) is 0 Å². The SMILES string of the molecule is CC1C=CC23CCC1C2C3. The number of hydrogen-bond acceptors (Lipinski definition) is 0. The van der Waals surface area contributed by atoms with Crippen LogP contribution in [-0.4, -0.2) is 0 Å². The summed E-state index contributed by atoms with van der Waals surface area (Å²) in [6.45, 7) is 2.38. The fourth-order valence-electron chi connectivity index (χ4n) is 3.24. The minimum Gasteiger partial charge on any atom is -0.0848 e. The molecule has 0 heteroatoms. The van der Waals surface area contributed by atoms with Crippen LogP contribution in [-0.2, 0) is 0 Å². The Kier molecular flexibility index (Phi) is 0.725. The second-order valence-corrected chi connectivity index (χ2v) is 4.46. The minimum atomic E-state index is 0.761. The third kappa shape index (κ3) is 0.426. The van der Waals surface area contributed by atoms with Crippen molar-refractivity contribution < 1.29 is 0 Å². The third-order valence-corrected chi connectivity index (χ3v) is 4.05. The van der Waals surface area contributed by atoms with Crippen LogP contribution in [0, 0.1) is 23.2 Å². The van der Waals surface area contributed by atoms with Crippen molar-refractivity contribution in [3.63, 3.8) is 0 Å². The molecule has 0 saturated heterocycles. The van der Waals surface area contributed by atoms with Crippen molar-refractivity contribution in [1.29, 1.82) is 0 Å². The maximum absolute atomic E-state index is 2.52. The highest BCUT2D eigenvalue weighted by atomic mass is 14.7. The molecule has 0 radical (unpaired) electrons. The smallest absolute Gasteiger partial charge is 0.00836 e. The van der Waals surface area contributed by atoms with E-state index < -0.39 is 0 Å². The molecule has 0 aromatic carbocycles. The van der Waals surface area contributed by atoms with E-state index in [1.54, 1.807) is 0 Å². The Morgan fingerprint density at radius 1 is 1.50 bits per heavy atom. The molecule has 4 unspecified atom stereocenters. The topological polar surface area (TPSA) is 0 Å². The monoisotopic (exact) mass is 134 g/mol. The van der Waals surface area contributed by atoms with Crippen LogP contribution in [0.3, 0.4) is 0 Å². The zero-order valence-electron chi connectivity index (χ0n) is 6.51. The fourth-order valence-corrected chi connectivity index (χ4v) is 3.24. The van der Waals surface area contributed by atoms with Crippen LogP contribution in [0.1, 0.15) is 26.2 Å². The lowest BCUT2D eigenvalue weighted by Gasteiger charge is -2.18. The Labute approximate surface area is 62.3 Å². The predicted octanol–water partition coefficient (Wildman–Crippen LogP) is 2.61. The summed E-state index contributed by atoms with van der Waals surface area (Å²) in [6.07, 6.45) is 9.52.